The maximum absolute atomic E-state index is 12.8. The molecule has 5 heteroatoms. The number of carbonyl (C=O) groups is 1. The van der Waals surface area contributed by atoms with Crippen LogP contribution < -0.4 is 0 Å². The number of amides is 1. The smallest absolute Gasteiger partial charge is 0.253 e. The van der Waals surface area contributed by atoms with Crippen molar-refractivity contribution in [2.45, 2.75) is 26.3 Å². The van der Waals surface area contributed by atoms with E-state index < -0.39 is 0 Å². The summed E-state index contributed by atoms with van der Waals surface area (Å²) in [4.78, 5) is 21.1. The van der Waals surface area contributed by atoms with Crippen LogP contribution in [0.3, 0.4) is 0 Å². The molecule has 0 bridgehead atoms. The predicted molar refractivity (Wildman–Crippen MR) is 114 cm³/mol. The Morgan fingerprint density at radius 2 is 1.69 bits per heavy atom. The number of hydrogen-bond donors (Lipinski definition) is 0. The largest absolute Gasteiger partial charge is 0.444 e. The normalized spacial score (nSPS) is 15.1. The minimum Gasteiger partial charge on any atom is -0.444 e. The third kappa shape index (κ3) is 4.57. The summed E-state index contributed by atoms with van der Waals surface area (Å²) >= 11 is 0. The second-order valence-electron chi connectivity index (χ2n) is 7.91. The average molecular weight is 389 g/mol. The standard InChI is InChI=1S/C24H27N3O2/c1-18(2)20-5-3-19(4-6-20)16-26-11-13-27(14-12-26)24(28)22-9-7-21(8-10-22)23-15-25-17-29-23/h3-10,15,17-18H,11-14,16H2,1-2H3. The van der Waals surface area contributed by atoms with Crippen molar-refractivity contribution in [3.8, 4) is 11.3 Å². The molecule has 1 saturated heterocycles. The van der Waals surface area contributed by atoms with Gasteiger partial charge in [-0.2, -0.15) is 0 Å². The number of carbonyl (C=O) groups excluding carboxylic acids is 1. The molecule has 0 aliphatic carbocycles. The van der Waals surface area contributed by atoms with Gasteiger partial charge < -0.3 is 9.32 Å². The van der Waals surface area contributed by atoms with E-state index in [2.05, 4.69) is 48.0 Å². The van der Waals surface area contributed by atoms with E-state index in [0.717, 1.165) is 38.3 Å². The highest BCUT2D eigenvalue weighted by atomic mass is 16.3. The predicted octanol–water partition coefficient (Wildman–Crippen LogP) is 4.42. The molecule has 150 valence electrons. The van der Waals surface area contributed by atoms with Crippen LogP contribution in [-0.4, -0.2) is 46.9 Å². The van der Waals surface area contributed by atoms with Crippen molar-refractivity contribution >= 4 is 5.91 Å². The number of nitrogens with zero attached hydrogens (tertiary/aromatic N) is 3. The summed E-state index contributed by atoms with van der Waals surface area (Å²) in [5.74, 6) is 1.36. The molecule has 0 spiro atoms. The Morgan fingerprint density at radius 1 is 1.00 bits per heavy atom. The van der Waals surface area contributed by atoms with Gasteiger partial charge in [-0.05, 0) is 29.2 Å². The Kier molecular flexibility index (Phi) is 5.76. The highest BCUT2D eigenvalue weighted by Gasteiger charge is 2.22. The maximum Gasteiger partial charge on any atom is 0.253 e. The molecule has 2 aromatic carbocycles. The number of benzene rings is 2. The van der Waals surface area contributed by atoms with Gasteiger partial charge in [-0.3, -0.25) is 9.69 Å². The number of rotatable bonds is 5. The third-order valence-corrected chi connectivity index (χ3v) is 5.56. The van der Waals surface area contributed by atoms with Crippen molar-refractivity contribution < 1.29 is 9.21 Å². The van der Waals surface area contributed by atoms with Crippen molar-refractivity contribution in [2.75, 3.05) is 26.2 Å². The Bertz CT molecular complexity index is 923. The van der Waals surface area contributed by atoms with Crippen molar-refractivity contribution in [3.63, 3.8) is 0 Å². The van der Waals surface area contributed by atoms with E-state index in [4.69, 9.17) is 4.42 Å². The summed E-state index contributed by atoms with van der Waals surface area (Å²) in [5.41, 5.74) is 4.34. The quantitative estimate of drug-likeness (QED) is 0.648. The molecular weight excluding hydrogens is 362 g/mol. The highest BCUT2D eigenvalue weighted by Crippen LogP contribution is 2.20. The molecule has 4 rings (SSSR count). The van der Waals surface area contributed by atoms with Gasteiger partial charge in [0, 0.05) is 43.9 Å². The fourth-order valence-corrected chi connectivity index (χ4v) is 3.69. The van der Waals surface area contributed by atoms with E-state index in [0.29, 0.717) is 17.2 Å². The lowest BCUT2D eigenvalue weighted by Crippen LogP contribution is -2.48. The molecule has 1 aliphatic heterocycles. The van der Waals surface area contributed by atoms with E-state index in [-0.39, 0.29) is 5.91 Å². The summed E-state index contributed by atoms with van der Waals surface area (Å²) in [7, 11) is 0. The number of oxazole rings is 1. The number of aromatic nitrogens is 1. The van der Waals surface area contributed by atoms with Crippen LogP contribution >= 0.6 is 0 Å². The van der Waals surface area contributed by atoms with Gasteiger partial charge in [0.25, 0.3) is 5.91 Å². The Balaban J connectivity index is 1.31. The zero-order valence-corrected chi connectivity index (χ0v) is 17.0. The van der Waals surface area contributed by atoms with E-state index >= 15 is 0 Å². The fourth-order valence-electron chi connectivity index (χ4n) is 3.69. The van der Waals surface area contributed by atoms with Crippen LogP contribution in [0.15, 0.2) is 65.5 Å². The monoisotopic (exact) mass is 389 g/mol. The zero-order chi connectivity index (χ0) is 20.2. The molecule has 3 aromatic rings. The van der Waals surface area contributed by atoms with Crippen molar-refractivity contribution in [2.24, 2.45) is 0 Å². The summed E-state index contributed by atoms with van der Waals surface area (Å²) < 4.78 is 5.30. The first-order valence-corrected chi connectivity index (χ1v) is 10.2. The summed E-state index contributed by atoms with van der Waals surface area (Å²) in [6.07, 6.45) is 3.08. The van der Waals surface area contributed by atoms with Crippen molar-refractivity contribution in [1.82, 2.24) is 14.8 Å². The summed E-state index contributed by atoms with van der Waals surface area (Å²) in [5, 5.41) is 0. The number of hydrogen-bond acceptors (Lipinski definition) is 4. The van der Waals surface area contributed by atoms with Gasteiger partial charge >= 0.3 is 0 Å². The van der Waals surface area contributed by atoms with Gasteiger partial charge in [0.2, 0.25) is 0 Å². The molecular formula is C24H27N3O2. The van der Waals surface area contributed by atoms with Gasteiger partial charge in [0.15, 0.2) is 12.2 Å². The first kappa shape index (κ1) is 19.4. The second kappa shape index (κ2) is 8.62. The molecule has 0 atom stereocenters. The minimum atomic E-state index is 0.0926. The lowest BCUT2D eigenvalue weighted by atomic mass is 10.0. The zero-order valence-electron chi connectivity index (χ0n) is 17.0. The van der Waals surface area contributed by atoms with Crippen LogP contribution in [-0.2, 0) is 6.54 Å². The molecule has 5 nitrogen and oxygen atoms in total. The van der Waals surface area contributed by atoms with E-state index in [1.807, 2.05) is 29.2 Å². The third-order valence-electron chi connectivity index (χ3n) is 5.56. The maximum atomic E-state index is 12.8. The molecule has 0 unspecified atom stereocenters. The first-order chi connectivity index (χ1) is 14.1. The van der Waals surface area contributed by atoms with Crippen molar-refractivity contribution in [3.05, 3.63) is 77.8 Å². The minimum absolute atomic E-state index is 0.0926. The molecule has 0 N–H and O–H groups in total. The molecule has 1 amide bonds. The summed E-state index contributed by atoms with van der Waals surface area (Å²) in [6.45, 7) is 8.67. The lowest BCUT2D eigenvalue weighted by Gasteiger charge is -2.34. The van der Waals surface area contributed by atoms with Gasteiger partial charge in [-0.25, -0.2) is 4.98 Å². The Labute approximate surface area is 172 Å². The molecule has 2 heterocycles. The SMILES string of the molecule is CC(C)c1ccc(CN2CCN(C(=O)c3ccc(-c4cnco4)cc3)CC2)cc1. The molecule has 0 radical (unpaired) electrons. The van der Waals surface area contributed by atoms with E-state index in [9.17, 15) is 4.79 Å². The molecule has 1 aliphatic rings. The van der Waals surface area contributed by atoms with Crippen molar-refractivity contribution in [1.29, 1.82) is 0 Å². The second-order valence-corrected chi connectivity index (χ2v) is 7.91. The van der Waals surface area contributed by atoms with Gasteiger partial charge in [-0.15, -0.1) is 0 Å². The van der Waals surface area contributed by atoms with Crippen LogP contribution in [0.1, 0.15) is 41.3 Å². The van der Waals surface area contributed by atoms with Gasteiger partial charge in [0.1, 0.15) is 0 Å². The van der Waals surface area contributed by atoms with E-state index in [1.165, 1.54) is 17.5 Å². The van der Waals surface area contributed by atoms with Crippen LogP contribution in [0.5, 0.6) is 0 Å². The summed E-state index contributed by atoms with van der Waals surface area (Å²) in [6, 6.07) is 16.4. The molecule has 29 heavy (non-hydrogen) atoms. The molecule has 0 saturated carbocycles. The van der Waals surface area contributed by atoms with Crippen LogP contribution in [0, 0.1) is 0 Å². The molecule has 1 fully saturated rings. The highest BCUT2D eigenvalue weighted by molar-refractivity contribution is 5.94. The Hall–Kier alpha value is -2.92. The van der Waals surface area contributed by atoms with Crippen LogP contribution in [0.2, 0.25) is 0 Å². The van der Waals surface area contributed by atoms with Gasteiger partial charge in [0.05, 0.1) is 6.20 Å². The molecule has 1 aromatic heterocycles. The van der Waals surface area contributed by atoms with E-state index in [1.54, 1.807) is 6.20 Å². The number of piperazine rings is 1. The fraction of sp³-hybridized carbons (Fsp3) is 0.333. The van der Waals surface area contributed by atoms with Crippen LogP contribution in [0.25, 0.3) is 11.3 Å². The van der Waals surface area contributed by atoms with Gasteiger partial charge in [-0.1, -0.05) is 50.2 Å². The Morgan fingerprint density at radius 3 is 2.28 bits per heavy atom. The topological polar surface area (TPSA) is 49.6 Å². The first-order valence-electron chi connectivity index (χ1n) is 10.2. The lowest BCUT2D eigenvalue weighted by molar-refractivity contribution is 0.0628. The average Bonchev–Trinajstić information content (AvgIpc) is 3.29. The van der Waals surface area contributed by atoms with Crippen LogP contribution in [0.4, 0.5) is 0 Å².